The van der Waals surface area contributed by atoms with Crippen LogP contribution in [-0.4, -0.2) is 14.9 Å². The van der Waals surface area contributed by atoms with Gasteiger partial charge in [0.2, 0.25) is 0 Å². The third-order valence-electron chi connectivity index (χ3n) is 4.57. The Morgan fingerprint density at radius 1 is 1.15 bits per heavy atom. The van der Waals surface area contributed by atoms with E-state index in [-0.39, 0.29) is 19.1 Å². The molecule has 4 aromatic rings. The lowest BCUT2D eigenvalue weighted by Crippen LogP contribution is -2.14. The molecule has 3 heterocycles. The van der Waals surface area contributed by atoms with Crippen LogP contribution in [0.25, 0.3) is 16.4 Å². The molecule has 0 saturated carbocycles. The lowest BCUT2D eigenvalue weighted by Gasteiger charge is -2.08. The summed E-state index contributed by atoms with van der Waals surface area (Å²) in [6.07, 6.45) is 3.70. The lowest BCUT2D eigenvalue weighted by molar-refractivity contribution is -0.145. The molecule has 128 valence electrons. The second-order valence-corrected chi connectivity index (χ2v) is 6.23. The topological polar surface area (TPSA) is 59.4 Å². The number of carbonyl (C=O) groups is 1. The Bertz CT molecular complexity index is 1160. The van der Waals surface area contributed by atoms with Crippen molar-refractivity contribution in [1.29, 1.82) is 5.26 Å². The summed E-state index contributed by atoms with van der Waals surface area (Å²) in [5.74, 6) is -0.325. The van der Waals surface area contributed by atoms with E-state index < -0.39 is 0 Å². The van der Waals surface area contributed by atoms with Crippen LogP contribution in [-0.2, 0) is 22.7 Å². The Hall–Kier alpha value is -3.52. The summed E-state index contributed by atoms with van der Waals surface area (Å²) < 4.78 is 9.26. The number of hydrogen-bond donors (Lipinski definition) is 0. The van der Waals surface area contributed by atoms with Crippen LogP contribution in [0.4, 0.5) is 0 Å². The SMILES string of the molecule is Cc1cc2ccccc2n1CC(=O)OCc1cn2ccccc2c1C#N. The van der Waals surface area contributed by atoms with Gasteiger partial charge in [-0.15, -0.1) is 0 Å². The zero-order valence-electron chi connectivity index (χ0n) is 14.3. The average Bonchev–Trinajstić information content (AvgIpc) is 3.17. The predicted molar refractivity (Wildman–Crippen MR) is 98.6 cm³/mol. The molecule has 0 amide bonds. The van der Waals surface area contributed by atoms with Crippen molar-refractivity contribution in [1.82, 2.24) is 8.97 Å². The van der Waals surface area contributed by atoms with Gasteiger partial charge in [0.25, 0.3) is 0 Å². The Morgan fingerprint density at radius 3 is 2.77 bits per heavy atom. The van der Waals surface area contributed by atoms with Gasteiger partial charge in [-0.1, -0.05) is 24.3 Å². The molecule has 0 N–H and O–H groups in total. The van der Waals surface area contributed by atoms with Crippen LogP contribution in [0.15, 0.2) is 60.9 Å². The third kappa shape index (κ3) is 2.72. The molecule has 5 nitrogen and oxygen atoms in total. The fourth-order valence-corrected chi connectivity index (χ4v) is 3.31. The fourth-order valence-electron chi connectivity index (χ4n) is 3.31. The van der Waals surface area contributed by atoms with Crippen molar-refractivity contribution >= 4 is 22.4 Å². The van der Waals surface area contributed by atoms with E-state index in [1.807, 2.05) is 70.7 Å². The number of nitriles is 1. The van der Waals surface area contributed by atoms with Crippen LogP contribution < -0.4 is 0 Å². The first-order valence-electron chi connectivity index (χ1n) is 8.36. The number of carbonyl (C=O) groups excluding carboxylic acids is 1. The molecule has 0 unspecified atom stereocenters. The van der Waals surface area contributed by atoms with Gasteiger partial charge in [-0.3, -0.25) is 4.79 Å². The Balaban J connectivity index is 1.53. The first-order valence-corrected chi connectivity index (χ1v) is 8.36. The van der Waals surface area contributed by atoms with Gasteiger partial charge >= 0.3 is 5.97 Å². The highest BCUT2D eigenvalue weighted by Gasteiger charge is 2.14. The predicted octanol–water partition coefficient (Wildman–Crippen LogP) is 3.82. The number of esters is 1. The average molecular weight is 343 g/mol. The number of pyridine rings is 1. The molecule has 0 atom stereocenters. The third-order valence-corrected chi connectivity index (χ3v) is 4.57. The van der Waals surface area contributed by atoms with Crippen molar-refractivity contribution in [2.45, 2.75) is 20.1 Å². The van der Waals surface area contributed by atoms with Gasteiger partial charge in [0.1, 0.15) is 19.2 Å². The molecule has 0 aliphatic carbocycles. The molecule has 0 saturated heterocycles. The number of fused-ring (bicyclic) bond motifs is 2. The van der Waals surface area contributed by atoms with E-state index in [0.717, 1.165) is 22.1 Å². The molecule has 1 aromatic carbocycles. The number of aromatic nitrogens is 2. The molecular weight excluding hydrogens is 326 g/mol. The van der Waals surface area contributed by atoms with Crippen LogP contribution in [0, 0.1) is 18.3 Å². The number of rotatable bonds is 4. The minimum atomic E-state index is -0.325. The van der Waals surface area contributed by atoms with E-state index >= 15 is 0 Å². The summed E-state index contributed by atoms with van der Waals surface area (Å²) >= 11 is 0. The monoisotopic (exact) mass is 343 g/mol. The molecule has 0 bridgehead atoms. The largest absolute Gasteiger partial charge is 0.459 e. The quantitative estimate of drug-likeness (QED) is 0.529. The summed E-state index contributed by atoms with van der Waals surface area (Å²) in [6, 6.07) is 17.8. The molecule has 4 rings (SSSR count). The fraction of sp³-hybridized carbons (Fsp3) is 0.143. The number of ether oxygens (including phenoxy) is 1. The van der Waals surface area contributed by atoms with E-state index in [0.29, 0.717) is 11.1 Å². The smallest absolute Gasteiger partial charge is 0.326 e. The van der Waals surface area contributed by atoms with E-state index in [9.17, 15) is 10.1 Å². The maximum atomic E-state index is 12.4. The van der Waals surface area contributed by atoms with Crippen LogP contribution in [0.3, 0.4) is 0 Å². The summed E-state index contributed by atoms with van der Waals surface area (Å²) in [5.41, 5.74) is 4.08. The van der Waals surface area contributed by atoms with Gasteiger partial charge in [0.15, 0.2) is 0 Å². The number of para-hydroxylation sites is 1. The summed E-state index contributed by atoms with van der Waals surface area (Å²) in [6.45, 7) is 2.21. The lowest BCUT2D eigenvalue weighted by atomic mass is 10.2. The van der Waals surface area contributed by atoms with Gasteiger partial charge in [-0.25, -0.2) is 0 Å². The van der Waals surface area contributed by atoms with Crippen molar-refractivity contribution in [3.8, 4) is 6.07 Å². The molecule has 0 aliphatic heterocycles. The van der Waals surface area contributed by atoms with Gasteiger partial charge in [-0.2, -0.15) is 5.26 Å². The first-order chi connectivity index (χ1) is 12.7. The molecule has 26 heavy (non-hydrogen) atoms. The normalized spacial score (nSPS) is 10.9. The summed E-state index contributed by atoms with van der Waals surface area (Å²) in [4.78, 5) is 12.4. The van der Waals surface area contributed by atoms with Crippen molar-refractivity contribution in [3.05, 3.63) is 77.7 Å². The van der Waals surface area contributed by atoms with E-state index in [2.05, 4.69) is 12.1 Å². The number of benzene rings is 1. The van der Waals surface area contributed by atoms with Gasteiger partial charge in [0, 0.05) is 29.2 Å². The molecule has 3 aromatic heterocycles. The van der Waals surface area contributed by atoms with Crippen LogP contribution in [0.2, 0.25) is 0 Å². The van der Waals surface area contributed by atoms with E-state index in [4.69, 9.17) is 4.74 Å². The van der Waals surface area contributed by atoms with Crippen molar-refractivity contribution < 1.29 is 9.53 Å². The zero-order chi connectivity index (χ0) is 18.1. The van der Waals surface area contributed by atoms with Gasteiger partial charge in [0.05, 0.1) is 11.1 Å². The van der Waals surface area contributed by atoms with Crippen molar-refractivity contribution in [2.75, 3.05) is 0 Å². The zero-order valence-corrected chi connectivity index (χ0v) is 14.3. The van der Waals surface area contributed by atoms with Gasteiger partial charge in [-0.05, 0) is 36.6 Å². The van der Waals surface area contributed by atoms with Crippen LogP contribution >= 0.6 is 0 Å². The first kappa shape index (κ1) is 16.0. The molecule has 0 aliphatic rings. The maximum absolute atomic E-state index is 12.4. The van der Waals surface area contributed by atoms with E-state index in [1.165, 1.54) is 0 Å². The molecule has 0 fully saturated rings. The van der Waals surface area contributed by atoms with Gasteiger partial charge < -0.3 is 13.7 Å². The second-order valence-electron chi connectivity index (χ2n) is 6.23. The van der Waals surface area contributed by atoms with Crippen molar-refractivity contribution in [2.24, 2.45) is 0 Å². The number of hydrogen-bond acceptors (Lipinski definition) is 3. The van der Waals surface area contributed by atoms with Crippen molar-refractivity contribution in [3.63, 3.8) is 0 Å². The molecule has 0 spiro atoms. The second kappa shape index (κ2) is 6.41. The molecule has 5 heteroatoms. The van der Waals surface area contributed by atoms with Crippen LogP contribution in [0.5, 0.6) is 0 Å². The Morgan fingerprint density at radius 2 is 1.92 bits per heavy atom. The minimum Gasteiger partial charge on any atom is -0.459 e. The highest BCUT2D eigenvalue weighted by Crippen LogP contribution is 2.20. The highest BCUT2D eigenvalue weighted by molar-refractivity contribution is 5.83. The summed E-state index contributed by atoms with van der Waals surface area (Å²) in [5, 5.41) is 10.5. The minimum absolute atomic E-state index is 0.0850. The number of nitrogens with zero attached hydrogens (tertiary/aromatic N) is 3. The number of aryl methyl sites for hydroxylation is 1. The Labute approximate surface area is 150 Å². The van der Waals surface area contributed by atoms with Crippen LogP contribution in [0.1, 0.15) is 16.8 Å². The molecule has 0 radical (unpaired) electrons. The molecular formula is C21H17N3O2. The Kier molecular flexibility index (Phi) is 3.94. The maximum Gasteiger partial charge on any atom is 0.326 e. The van der Waals surface area contributed by atoms with E-state index in [1.54, 1.807) is 0 Å². The highest BCUT2D eigenvalue weighted by atomic mass is 16.5. The standard InChI is InChI=1S/C21H17N3O2/c1-15-10-16-6-2-3-7-19(16)24(15)13-21(25)26-14-17-12-23-9-5-4-8-20(23)18(17)11-22/h2-10,12H,13-14H2,1H3. The summed E-state index contributed by atoms with van der Waals surface area (Å²) in [7, 11) is 0.